The van der Waals surface area contributed by atoms with E-state index < -0.39 is 5.97 Å². The van der Waals surface area contributed by atoms with E-state index in [2.05, 4.69) is 4.98 Å². The van der Waals surface area contributed by atoms with Crippen LogP contribution in [-0.4, -0.2) is 20.5 Å². The predicted octanol–water partition coefficient (Wildman–Crippen LogP) is 1.45. The van der Waals surface area contributed by atoms with E-state index in [9.17, 15) is 4.79 Å². The van der Waals surface area contributed by atoms with Gasteiger partial charge in [0.15, 0.2) is 5.65 Å². The van der Waals surface area contributed by atoms with Crippen LogP contribution in [0.15, 0.2) is 30.7 Å². The van der Waals surface area contributed by atoms with Crippen LogP contribution in [0, 0.1) is 0 Å². The summed E-state index contributed by atoms with van der Waals surface area (Å²) in [4.78, 5) is 14.6. The zero-order valence-corrected chi connectivity index (χ0v) is 7.36. The fourth-order valence-corrected chi connectivity index (χ4v) is 1.12. The molecule has 0 atom stereocenters. The first-order valence-electron chi connectivity index (χ1n) is 3.44. The maximum atomic E-state index is 10.7. The molecule has 0 radical (unpaired) electrons. The number of aromatic nitrogens is 2. The number of fused-ring (bicyclic) bond motifs is 1. The SMILES string of the molecule is Cl.O=C(O)c1cccn2ccnc12. The maximum Gasteiger partial charge on any atom is 0.339 e. The fourth-order valence-electron chi connectivity index (χ4n) is 1.12. The van der Waals surface area contributed by atoms with Crippen molar-refractivity contribution in [1.29, 1.82) is 0 Å². The van der Waals surface area contributed by atoms with Gasteiger partial charge in [0.1, 0.15) is 5.56 Å². The predicted molar refractivity (Wildman–Crippen MR) is 49.4 cm³/mol. The highest BCUT2D eigenvalue weighted by molar-refractivity contribution is 5.94. The summed E-state index contributed by atoms with van der Waals surface area (Å²) in [7, 11) is 0. The van der Waals surface area contributed by atoms with E-state index in [4.69, 9.17) is 5.11 Å². The average Bonchev–Trinajstić information content (AvgIpc) is 2.49. The van der Waals surface area contributed by atoms with Crippen LogP contribution in [0.2, 0.25) is 0 Å². The van der Waals surface area contributed by atoms with Gasteiger partial charge in [-0.15, -0.1) is 12.4 Å². The van der Waals surface area contributed by atoms with Gasteiger partial charge in [0, 0.05) is 18.6 Å². The van der Waals surface area contributed by atoms with E-state index in [1.54, 1.807) is 29.1 Å². The molecule has 0 fully saturated rings. The Balaban J connectivity index is 0.000000845. The van der Waals surface area contributed by atoms with Gasteiger partial charge in [0.25, 0.3) is 0 Å². The van der Waals surface area contributed by atoms with Gasteiger partial charge in [-0.2, -0.15) is 0 Å². The number of rotatable bonds is 1. The Morgan fingerprint density at radius 3 is 2.92 bits per heavy atom. The number of aromatic carboxylic acids is 1. The van der Waals surface area contributed by atoms with Gasteiger partial charge < -0.3 is 9.51 Å². The number of hydrogen-bond acceptors (Lipinski definition) is 2. The Kier molecular flexibility index (Phi) is 2.53. The van der Waals surface area contributed by atoms with Gasteiger partial charge >= 0.3 is 5.97 Å². The Hall–Kier alpha value is -1.55. The highest BCUT2D eigenvalue weighted by atomic mass is 35.5. The number of nitrogens with zero attached hydrogens (tertiary/aromatic N) is 2. The van der Waals surface area contributed by atoms with E-state index in [1.165, 1.54) is 6.07 Å². The van der Waals surface area contributed by atoms with Crippen LogP contribution in [-0.2, 0) is 0 Å². The average molecular weight is 199 g/mol. The highest BCUT2D eigenvalue weighted by Gasteiger charge is 2.07. The molecule has 13 heavy (non-hydrogen) atoms. The number of carboxylic acid groups (broad SMARTS) is 1. The second-order valence-electron chi connectivity index (χ2n) is 2.39. The second kappa shape index (κ2) is 3.45. The van der Waals surface area contributed by atoms with Crippen molar-refractivity contribution < 1.29 is 9.90 Å². The molecule has 0 aliphatic carbocycles. The van der Waals surface area contributed by atoms with Gasteiger partial charge in [-0.3, -0.25) is 0 Å². The van der Waals surface area contributed by atoms with E-state index >= 15 is 0 Å². The molecule has 0 saturated carbocycles. The minimum atomic E-state index is -0.952. The first-order valence-corrected chi connectivity index (χ1v) is 3.44. The van der Waals surface area contributed by atoms with Crippen LogP contribution in [0.1, 0.15) is 10.4 Å². The summed E-state index contributed by atoms with van der Waals surface area (Å²) in [5.74, 6) is -0.952. The van der Waals surface area contributed by atoms with Crippen molar-refractivity contribution in [1.82, 2.24) is 9.38 Å². The number of carboxylic acids is 1. The largest absolute Gasteiger partial charge is 0.478 e. The topological polar surface area (TPSA) is 54.6 Å². The lowest BCUT2D eigenvalue weighted by Gasteiger charge is -1.96. The van der Waals surface area contributed by atoms with E-state index in [-0.39, 0.29) is 18.0 Å². The van der Waals surface area contributed by atoms with E-state index in [1.807, 2.05) is 0 Å². The lowest BCUT2D eigenvalue weighted by atomic mass is 10.3. The molecule has 2 heterocycles. The summed E-state index contributed by atoms with van der Waals surface area (Å²) in [6.45, 7) is 0. The van der Waals surface area contributed by atoms with Crippen LogP contribution in [0.5, 0.6) is 0 Å². The summed E-state index contributed by atoms with van der Waals surface area (Å²) < 4.78 is 1.67. The molecular weight excluding hydrogens is 192 g/mol. The molecule has 5 heteroatoms. The molecule has 0 aliphatic heterocycles. The zero-order valence-electron chi connectivity index (χ0n) is 6.54. The molecule has 0 saturated heterocycles. The molecule has 1 N–H and O–H groups in total. The van der Waals surface area contributed by atoms with Crippen LogP contribution in [0.25, 0.3) is 5.65 Å². The smallest absolute Gasteiger partial charge is 0.339 e. The molecule has 2 aromatic rings. The number of hydrogen-bond donors (Lipinski definition) is 1. The molecule has 68 valence electrons. The summed E-state index contributed by atoms with van der Waals surface area (Å²) in [6.07, 6.45) is 5.04. The zero-order chi connectivity index (χ0) is 8.55. The third-order valence-corrected chi connectivity index (χ3v) is 1.65. The van der Waals surface area contributed by atoms with Gasteiger partial charge in [-0.1, -0.05) is 0 Å². The number of halogens is 1. The Labute approximate surface area is 80.2 Å². The Morgan fingerprint density at radius 2 is 2.23 bits per heavy atom. The molecule has 0 amide bonds. The molecule has 4 nitrogen and oxygen atoms in total. The minimum absolute atomic E-state index is 0. The van der Waals surface area contributed by atoms with E-state index in [0.29, 0.717) is 5.65 Å². The molecule has 2 aromatic heterocycles. The summed E-state index contributed by atoms with van der Waals surface area (Å²) in [6, 6.07) is 3.21. The number of imidazole rings is 1. The van der Waals surface area contributed by atoms with E-state index in [0.717, 1.165) is 0 Å². The standard InChI is InChI=1S/C8H6N2O2.ClH/c11-8(12)6-2-1-4-10-5-3-9-7(6)10;/h1-5H,(H,11,12);1H. The van der Waals surface area contributed by atoms with Gasteiger partial charge in [0.2, 0.25) is 0 Å². The Morgan fingerprint density at radius 1 is 1.46 bits per heavy atom. The third-order valence-electron chi connectivity index (χ3n) is 1.65. The molecular formula is C8H7ClN2O2. The molecule has 0 bridgehead atoms. The highest BCUT2D eigenvalue weighted by Crippen LogP contribution is 2.07. The van der Waals surface area contributed by atoms with Gasteiger partial charge in [-0.05, 0) is 12.1 Å². The quantitative estimate of drug-likeness (QED) is 0.755. The fraction of sp³-hybridized carbons (Fsp3) is 0. The molecule has 0 aromatic carbocycles. The van der Waals surface area contributed by atoms with Crippen molar-refractivity contribution in [2.45, 2.75) is 0 Å². The summed E-state index contributed by atoms with van der Waals surface area (Å²) in [5.41, 5.74) is 0.701. The first-order chi connectivity index (χ1) is 5.79. The third kappa shape index (κ3) is 1.48. The monoisotopic (exact) mass is 198 g/mol. The normalized spacial score (nSPS) is 9.54. The lowest BCUT2D eigenvalue weighted by Crippen LogP contribution is -1.99. The molecule has 0 unspecified atom stereocenters. The minimum Gasteiger partial charge on any atom is -0.478 e. The van der Waals surface area contributed by atoms with Crippen molar-refractivity contribution in [3.63, 3.8) is 0 Å². The van der Waals surface area contributed by atoms with Crippen LogP contribution >= 0.6 is 12.4 Å². The van der Waals surface area contributed by atoms with Crippen molar-refractivity contribution in [3.8, 4) is 0 Å². The maximum absolute atomic E-state index is 10.7. The number of carbonyl (C=O) groups is 1. The van der Waals surface area contributed by atoms with Crippen molar-refractivity contribution in [3.05, 3.63) is 36.3 Å². The van der Waals surface area contributed by atoms with Crippen LogP contribution in [0.3, 0.4) is 0 Å². The van der Waals surface area contributed by atoms with Crippen molar-refractivity contribution in [2.24, 2.45) is 0 Å². The number of pyridine rings is 1. The molecule has 0 spiro atoms. The van der Waals surface area contributed by atoms with Crippen molar-refractivity contribution >= 4 is 24.0 Å². The van der Waals surface area contributed by atoms with Gasteiger partial charge in [0.05, 0.1) is 0 Å². The lowest BCUT2D eigenvalue weighted by molar-refractivity contribution is 0.0698. The van der Waals surface area contributed by atoms with Crippen molar-refractivity contribution in [2.75, 3.05) is 0 Å². The van der Waals surface area contributed by atoms with Crippen LogP contribution in [0.4, 0.5) is 0 Å². The molecule has 2 rings (SSSR count). The summed E-state index contributed by atoms with van der Waals surface area (Å²) >= 11 is 0. The van der Waals surface area contributed by atoms with Gasteiger partial charge in [-0.25, -0.2) is 9.78 Å². The summed E-state index contributed by atoms with van der Waals surface area (Å²) in [5, 5.41) is 8.75. The Bertz CT molecular complexity index is 438. The first kappa shape index (κ1) is 9.54. The van der Waals surface area contributed by atoms with Crippen LogP contribution < -0.4 is 0 Å². The second-order valence-corrected chi connectivity index (χ2v) is 2.39. The molecule has 0 aliphatic rings.